The Hall–Kier alpha value is -0.214. The summed E-state index contributed by atoms with van der Waals surface area (Å²) in [6.07, 6.45) is 0.496. The average Bonchev–Trinajstić information content (AvgIpc) is 2.32. The van der Waals surface area contributed by atoms with E-state index in [1.807, 2.05) is 30.3 Å². The van der Waals surface area contributed by atoms with E-state index in [0.717, 1.165) is 5.56 Å². The molecule has 2 rings (SSSR count). The Morgan fingerprint density at radius 2 is 1.63 bits per heavy atom. The summed E-state index contributed by atoms with van der Waals surface area (Å²) < 4.78 is 33.1. The molecule has 0 fully saturated rings. The first-order valence-electron chi connectivity index (χ1n) is 5.35. The fourth-order valence-electron chi connectivity index (χ4n) is 1.78. The van der Waals surface area contributed by atoms with Crippen LogP contribution in [0.5, 0.6) is 0 Å². The van der Waals surface area contributed by atoms with Crippen LogP contribution < -0.4 is 57.1 Å². The predicted octanol–water partition coefficient (Wildman–Crippen LogP) is -1.23. The van der Waals surface area contributed by atoms with Gasteiger partial charge < -0.3 is 10.3 Å². The average molecular weight is 301 g/mol. The van der Waals surface area contributed by atoms with Crippen LogP contribution in [0, 0.1) is 0 Å². The van der Waals surface area contributed by atoms with Gasteiger partial charge in [0.1, 0.15) is 10.1 Å². The van der Waals surface area contributed by atoms with Crippen molar-refractivity contribution in [2.45, 2.75) is 11.3 Å². The summed E-state index contributed by atoms with van der Waals surface area (Å²) >= 11 is 0. The number of hydrogen-bond donors (Lipinski definition) is 1. The number of para-hydroxylation sites is 1. The normalized spacial score (nSPS) is 10.8. The van der Waals surface area contributed by atoms with Gasteiger partial charge in [0.25, 0.3) is 0 Å². The van der Waals surface area contributed by atoms with Gasteiger partial charge in [0.15, 0.2) is 0 Å². The van der Waals surface area contributed by atoms with Crippen molar-refractivity contribution in [1.29, 1.82) is 0 Å². The third kappa shape index (κ3) is 4.39. The van der Waals surface area contributed by atoms with Crippen LogP contribution in [0.4, 0.5) is 5.69 Å². The topological polar surface area (TPSA) is 83.2 Å². The molecule has 0 saturated carbocycles. The van der Waals surface area contributed by atoms with Crippen molar-refractivity contribution in [2.24, 2.45) is 0 Å². The molecule has 2 aromatic carbocycles. The van der Waals surface area contributed by atoms with Crippen molar-refractivity contribution >= 4 is 15.8 Å². The van der Waals surface area contributed by atoms with E-state index in [0.29, 0.717) is 12.0 Å². The fourth-order valence-corrected chi connectivity index (χ4v) is 2.42. The number of anilines is 1. The molecule has 4 nitrogen and oxygen atoms in total. The Balaban J connectivity index is 0.00000180. The number of nitrogens with two attached hydrogens (primary N) is 1. The zero-order chi connectivity index (χ0) is 13.2. The van der Waals surface area contributed by atoms with Gasteiger partial charge in [-0.2, -0.15) is 0 Å². The van der Waals surface area contributed by atoms with E-state index in [4.69, 9.17) is 5.73 Å². The number of nitrogen functional groups attached to an aromatic ring is 1. The Bertz CT molecular complexity index is 657. The summed E-state index contributed by atoms with van der Waals surface area (Å²) in [4.78, 5) is -0.351. The summed E-state index contributed by atoms with van der Waals surface area (Å²) in [5, 5.41) is 0. The molecule has 0 aromatic heterocycles. The van der Waals surface area contributed by atoms with Crippen LogP contribution in [0.25, 0.3) is 0 Å². The SMILES string of the molecule is Nc1c(Cc2ccccc2)cccc1S(=O)(=O)[O-].[K+]. The van der Waals surface area contributed by atoms with E-state index in [-0.39, 0.29) is 62.0 Å². The maximum Gasteiger partial charge on any atom is 1.00 e. The molecule has 0 aliphatic heterocycles. The second-order valence-electron chi connectivity index (χ2n) is 3.95. The first-order chi connectivity index (χ1) is 8.48. The van der Waals surface area contributed by atoms with Gasteiger partial charge in [0.05, 0.1) is 10.6 Å². The van der Waals surface area contributed by atoms with Crippen molar-refractivity contribution in [3.63, 3.8) is 0 Å². The molecule has 0 saturated heterocycles. The summed E-state index contributed by atoms with van der Waals surface area (Å²) in [6.45, 7) is 0. The maximum absolute atomic E-state index is 11.0. The summed E-state index contributed by atoms with van der Waals surface area (Å²) in [6, 6.07) is 14.0. The first kappa shape index (κ1) is 16.8. The molecule has 0 atom stereocenters. The van der Waals surface area contributed by atoms with E-state index in [9.17, 15) is 13.0 Å². The molecule has 19 heavy (non-hydrogen) atoms. The molecule has 0 aliphatic rings. The molecular weight excluding hydrogens is 289 g/mol. The third-order valence-corrected chi connectivity index (χ3v) is 3.56. The molecule has 6 heteroatoms. The van der Waals surface area contributed by atoms with Gasteiger partial charge in [-0.1, -0.05) is 42.5 Å². The molecule has 94 valence electrons. The number of hydrogen-bond acceptors (Lipinski definition) is 4. The van der Waals surface area contributed by atoms with Gasteiger partial charge in [-0.15, -0.1) is 0 Å². The minimum Gasteiger partial charge on any atom is -0.744 e. The fraction of sp³-hybridized carbons (Fsp3) is 0.0769. The van der Waals surface area contributed by atoms with Crippen LogP contribution in [-0.2, 0) is 16.5 Å². The van der Waals surface area contributed by atoms with Gasteiger partial charge in [0, 0.05) is 0 Å². The zero-order valence-corrected chi connectivity index (χ0v) is 14.5. The van der Waals surface area contributed by atoms with Crippen LogP contribution in [0.2, 0.25) is 0 Å². The second kappa shape index (κ2) is 6.99. The molecule has 0 unspecified atom stereocenters. The molecular formula is C13H12KNO3S. The van der Waals surface area contributed by atoms with Crippen molar-refractivity contribution in [3.8, 4) is 0 Å². The van der Waals surface area contributed by atoms with Crippen molar-refractivity contribution < 1.29 is 64.4 Å². The predicted molar refractivity (Wildman–Crippen MR) is 68.1 cm³/mol. The van der Waals surface area contributed by atoms with E-state index >= 15 is 0 Å². The van der Waals surface area contributed by atoms with Crippen LogP contribution in [0.3, 0.4) is 0 Å². The molecule has 0 heterocycles. The molecule has 0 aliphatic carbocycles. The van der Waals surface area contributed by atoms with Crippen molar-refractivity contribution in [1.82, 2.24) is 0 Å². The minimum absolute atomic E-state index is 0. The second-order valence-corrected chi connectivity index (χ2v) is 5.29. The largest absolute Gasteiger partial charge is 1.00 e. The van der Waals surface area contributed by atoms with Gasteiger partial charge in [0.2, 0.25) is 0 Å². The van der Waals surface area contributed by atoms with Crippen LogP contribution >= 0.6 is 0 Å². The van der Waals surface area contributed by atoms with E-state index in [2.05, 4.69) is 0 Å². The van der Waals surface area contributed by atoms with Gasteiger partial charge >= 0.3 is 51.4 Å². The zero-order valence-electron chi connectivity index (χ0n) is 10.5. The monoisotopic (exact) mass is 301 g/mol. The summed E-state index contributed by atoms with van der Waals surface area (Å²) in [5.41, 5.74) is 7.42. The smallest absolute Gasteiger partial charge is 0.744 e. The minimum atomic E-state index is -4.52. The van der Waals surface area contributed by atoms with E-state index in [1.54, 1.807) is 6.07 Å². The molecule has 2 aromatic rings. The van der Waals surface area contributed by atoms with Crippen molar-refractivity contribution in [2.75, 3.05) is 5.73 Å². The number of rotatable bonds is 3. The van der Waals surface area contributed by atoms with Gasteiger partial charge in [-0.25, -0.2) is 8.42 Å². The van der Waals surface area contributed by atoms with Crippen molar-refractivity contribution in [3.05, 3.63) is 59.7 Å². The van der Waals surface area contributed by atoms with Gasteiger partial charge in [-0.05, 0) is 23.6 Å². The van der Waals surface area contributed by atoms with E-state index < -0.39 is 10.1 Å². The maximum atomic E-state index is 11.0. The standard InChI is InChI=1S/C13H13NO3S.K/c14-13-11(9-10-5-2-1-3-6-10)7-4-8-12(13)18(15,16)17;/h1-8H,9,14H2,(H,15,16,17);/q;+1/p-1. The van der Waals surface area contributed by atoms with Crippen LogP contribution in [0.15, 0.2) is 53.4 Å². The molecule has 0 bridgehead atoms. The van der Waals surface area contributed by atoms with E-state index in [1.165, 1.54) is 12.1 Å². The summed E-state index contributed by atoms with van der Waals surface area (Å²) in [5.74, 6) is 0. The molecule has 0 spiro atoms. The molecule has 0 amide bonds. The van der Waals surface area contributed by atoms with Crippen LogP contribution in [0.1, 0.15) is 11.1 Å². The quantitative estimate of drug-likeness (QED) is 0.437. The Morgan fingerprint density at radius 3 is 2.21 bits per heavy atom. The van der Waals surface area contributed by atoms with Gasteiger partial charge in [-0.3, -0.25) is 0 Å². The Kier molecular flexibility index (Phi) is 6.19. The molecule has 2 N–H and O–H groups in total. The number of benzene rings is 2. The Labute approximate surface area is 155 Å². The summed E-state index contributed by atoms with van der Waals surface area (Å²) in [7, 11) is -4.52. The molecule has 0 radical (unpaired) electrons. The third-order valence-electron chi connectivity index (χ3n) is 2.66. The Morgan fingerprint density at radius 1 is 1.00 bits per heavy atom. The first-order valence-corrected chi connectivity index (χ1v) is 6.76. The van der Waals surface area contributed by atoms with Crippen LogP contribution in [-0.4, -0.2) is 13.0 Å².